The fraction of sp³-hybridized carbons (Fsp3) is 0.455. The third-order valence-corrected chi connectivity index (χ3v) is 3.01. The molecule has 1 fully saturated rings. The van der Waals surface area contributed by atoms with Gasteiger partial charge in [0, 0.05) is 6.04 Å². The summed E-state index contributed by atoms with van der Waals surface area (Å²) in [6.45, 7) is 0. The number of carboxylic acid groups (broad SMARTS) is 1. The highest BCUT2D eigenvalue weighted by Gasteiger charge is 2.25. The third kappa shape index (κ3) is 2.85. The Balaban J connectivity index is 2.19. The van der Waals surface area contributed by atoms with E-state index in [0.29, 0.717) is 19.3 Å². The summed E-state index contributed by atoms with van der Waals surface area (Å²) >= 11 is 5.72. The molecule has 2 atom stereocenters. The summed E-state index contributed by atoms with van der Waals surface area (Å²) in [7, 11) is 0. The number of carbonyl (C=O) groups is 1. The molecule has 1 heterocycles. The van der Waals surface area contributed by atoms with Crippen molar-refractivity contribution in [3.05, 3.63) is 22.8 Å². The van der Waals surface area contributed by atoms with Gasteiger partial charge >= 0.3 is 5.97 Å². The number of pyridine rings is 1. The summed E-state index contributed by atoms with van der Waals surface area (Å²) in [6, 6.07) is 2.74. The van der Waals surface area contributed by atoms with Crippen molar-refractivity contribution >= 4 is 23.4 Å². The molecular formula is C11H12ClFN2O2. The van der Waals surface area contributed by atoms with Crippen LogP contribution in [0.25, 0.3) is 0 Å². The van der Waals surface area contributed by atoms with E-state index in [1.807, 2.05) is 0 Å². The van der Waals surface area contributed by atoms with Crippen molar-refractivity contribution < 1.29 is 14.3 Å². The van der Waals surface area contributed by atoms with Crippen LogP contribution in [0.1, 0.15) is 29.6 Å². The van der Waals surface area contributed by atoms with Gasteiger partial charge in [-0.3, -0.25) is 0 Å². The Morgan fingerprint density at radius 2 is 2.29 bits per heavy atom. The number of carboxylic acids is 1. The number of alkyl halides is 1. The molecule has 0 amide bonds. The number of hydrogen-bond donors (Lipinski definition) is 2. The predicted octanol–water partition coefficient (Wildman–Crippen LogP) is 2.74. The van der Waals surface area contributed by atoms with Crippen molar-refractivity contribution in [2.24, 2.45) is 0 Å². The fourth-order valence-electron chi connectivity index (χ4n) is 1.97. The molecule has 0 aliphatic heterocycles. The molecule has 0 aromatic carbocycles. The van der Waals surface area contributed by atoms with Crippen LogP contribution in [-0.2, 0) is 0 Å². The van der Waals surface area contributed by atoms with Crippen LogP contribution in [0.15, 0.2) is 12.1 Å². The monoisotopic (exact) mass is 258 g/mol. The second-order valence-electron chi connectivity index (χ2n) is 4.09. The minimum atomic E-state index is -1.08. The van der Waals surface area contributed by atoms with Gasteiger partial charge in [-0.15, -0.1) is 0 Å². The minimum Gasteiger partial charge on any atom is -0.478 e. The largest absolute Gasteiger partial charge is 0.478 e. The zero-order valence-electron chi connectivity index (χ0n) is 8.99. The van der Waals surface area contributed by atoms with Crippen molar-refractivity contribution in [2.75, 3.05) is 5.32 Å². The smallest absolute Gasteiger partial charge is 0.339 e. The van der Waals surface area contributed by atoms with Gasteiger partial charge in [-0.25, -0.2) is 14.2 Å². The third-order valence-electron chi connectivity index (χ3n) is 2.80. The number of aromatic carboxylic acids is 1. The average Bonchev–Trinajstić information content (AvgIpc) is 2.63. The summed E-state index contributed by atoms with van der Waals surface area (Å²) in [5.41, 5.74) is 0.0525. The van der Waals surface area contributed by atoms with Gasteiger partial charge in [-0.2, -0.15) is 0 Å². The normalized spacial score (nSPS) is 23.6. The first-order valence-electron chi connectivity index (χ1n) is 5.36. The molecule has 1 saturated carbocycles. The molecule has 0 saturated heterocycles. The first-order valence-corrected chi connectivity index (χ1v) is 5.74. The van der Waals surface area contributed by atoms with Crippen LogP contribution >= 0.6 is 11.6 Å². The Morgan fingerprint density at radius 1 is 1.53 bits per heavy atom. The molecule has 4 nitrogen and oxygen atoms in total. The van der Waals surface area contributed by atoms with Crippen molar-refractivity contribution in [1.29, 1.82) is 0 Å². The number of hydrogen-bond acceptors (Lipinski definition) is 3. The molecule has 92 valence electrons. The lowest BCUT2D eigenvalue weighted by Crippen LogP contribution is -2.19. The van der Waals surface area contributed by atoms with Gasteiger partial charge in [-0.05, 0) is 31.4 Å². The maximum atomic E-state index is 13.0. The quantitative estimate of drug-likeness (QED) is 0.819. The molecule has 6 heteroatoms. The van der Waals surface area contributed by atoms with Gasteiger partial charge in [-0.1, -0.05) is 11.6 Å². The summed E-state index contributed by atoms with van der Waals surface area (Å²) < 4.78 is 13.0. The Kier molecular flexibility index (Phi) is 3.47. The zero-order chi connectivity index (χ0) is 12.4. The van der Waals surface area contributed by atoms with Crippen LogP contribution in [-0.4, -0.2) is 28.3 Å². The van der Waals surface area contributed by atoms with Gasteiger partial charge in [0.15, 0.2) is 0 Å². The van der Waals surface area contributed by atoms with Gasteiger partial charge in [0.1, 0.15) is 22.7 Å². The second-order valence-corrected chi connectivity index (χ2v) is 4.47. The summed E-state index contributed by atoms with van der Waals surface area (Å²) in [4.78, 5) is 14.9. The standard InChI is InChI=1S/C11H12ClFN2O2/c12-9-4-3-8(11(16)17)10(15-9)14-7-2-1-6(13)5-7/h3-4,6-7H,1-2,5H2,(H,14,15)(H,16,17). The van der Waals surface area contributed by atoms with E-state index in [9.17, 15) is 9.18 Å². The lowest BCUT2D eigenvalue weighted by Gasteiger charge is -2.14. The van der Waals surface area contributed by atoms with E-state index in [-0.39, 0.29) is 22.6 Å². The maximum absolute atomic E-state index is 13.0. The summed E-state index contributed by atoms with van der Waals surface area (Å²) in [5.74, 6) is -0.865. The van der Waals surface area contributed by atoms with Crippen LogP contribution in [0.3, 0.4) is 0 Å². The van der Waals surface area contributed by atoms with E-state index < -0.39 is 12.1 Å². The number of nitrogens with zero attached hydrogens (tertiary/aromatic N) is 1. The molecular weight excluding hydrogens is 247 g/mol. The van der Waals surface area contributed by atoms with E-state index in [1.165, 1.54) is 12.1 Å². The van der Waals surface area contributed by atoms with Gasteiger partial charge in [0.05, 0.1) is 0 Å². The molecule has 2 N–H and O–H groups in total. The van der Waals surface area contributed by atoms with Crippen molar-refractivity contribution in [2.45, 2.75) is 31.5 Å². The minimum absolute atomic E-state index is 0.0525. The Bertz CT molecular complexity index is 441. The van der Waals surface area contributed by atoms with Crippen molar-refractivity contribution in [3.63, 3.8) is 0 Å². The molecule has 1 aromatic heterocycles. The molecule has 17 heavy (non-hydrogen) atoms. The zero-order valence-corrected chi connectivity index (χ0v) is 9.75. The number of anilines is 1. The maximum Gasteiger partial charge on any atom is 0.339 e. The first kappa shape index (κ1) is 12.1. The number of nitrogens with one attached hydrogen (secondary N) is 1. The highest BCUT2D eigenvalue weighted by Crippen LogP contribution is 2.26. The van der Waals surface area contributed by atoms with Crippen LogP contribution < -0.4 is 5.32 Å². The van der Waals surface area contributed by atoms with E-state index in [4.69, 9.17) is 16.7 Å². The van der Waals surface area contributed by atoms with Crippen LogP contribution in [0.5, 0.6) is 0 Å². The summed E-state index contributed by atoms with van der Waals surface area (Å²) in [5, 5.41) is 12.1. The molecule has 0 radical (unpaired) electrons. The Hall–Kier alpha value is -1.36. The molecule has 1 aliphatic rings. The van der Waals surface area contributed by atoms with E-state index in [1.54, 1.807) is 0 Å². The van der Waals surface area contributed by atoms with E-state index in [2.05, 4.69) is 10.3 Å². The molecule has 1 aromatic rings. The Morgan fingerprint density at radius 3 is 2.88 bits per heavy atom. The van der Waals surface area contributed by atoms with Crippen molar-refractivity contribution in [1.82, 2.24) is 4.98 Å². The predicted molar refractivity (Wildman–Crippen MR) is 62.4 cm³/mol. The lowest BCUT2D eigenvalue weighted by atomic mass is 10.2. The number of rotatable bonds is 3. The van der Waals surface area contributed by atoms with Gasteiger partial charge in [0.25, 0.3) is 0 Å². The summed E-state index contributed by atoms with van der Waals surface area (Å²) in [6.07, 6.45) is 0.738. The van der Waals surface area contributed by atoms with Gasteiger partial charge in [0.2, 0.25) is 0 Å². The van der Waals surface area contributed by atoms with E-state index in [0.717, 1.165) is 0 Å². The SMILES string of the molecule is O=C(O)c1ccc(Cl)nc1NC1CCC(F)C1. The van der Waals surface area contributed by atoms with Gasteiger partial charge < -0.3 is 10.4 Å². The van der Waals surface area contributed by atoms with Crippen molar-refractivity contribution in [3.8, 4) is 0 Å². The first-order chi connectivity index (χ1) is 8.06. The highest BCUT2D eigenvalue weighted by molar-refractivity contribution is 6.29. The molecule has 0 spiro atoms. The molecule has 0 bridgehead atoms. The number of aromatic nitrogens is 1. The molecule has 1 aliphatic carbocycles. The van der Waals surface area contributed by atoms with Crippen LogP contribution in [0.4, 0.5) is 10.2 Å². The van der Waals surface area contributed by atoms with Crippen LogP contribution in [0.2, 0.25) is 5.15 Å². The number of halogens is 2. The molecule has 2 rings (SSSR count). The lowest BCUT2D eigenvalue weighted by molar-refractivity contribution is 0.0697. The topological polar surface area (TPSA) is 62.2 Å². The van der Waals surface area contributed by atoms with E-state index >= 15 is 0 Å². The average molecular weight is 259 g/mol. The molecule has 2 unspecified atom stereocenters. The fourth-order valence-corrected chi connectivity index (χ4v) is 2.12. The Labute approximate surface area is 103 Å². The second kappa shape index (κ2) is 4.87. The highest BCUT2D eigenvalue weighted by atomic mass is 35.5. The van der Waals surface area contributed by atoms with Crippen LogP contribution in [0, 0.1) is 0 Å².